The van der Waals surface area contributed by atoms with Gasteiger partial charge in [-0.1, -0.05) is 60.7 Å². The number of hydrogen-bond donors (Lipinski definition) is 0. The fourth-order valence-electron chi connectivity index (χ4n) is 3.25. The molecule has 5 rings (SSSR count). The first-order chi connectivity index (χ1) is 11.9. The van der Waals surface area contributed by atoms with E-state index in [0.29, 0.717) is 0 Å². The number of benzene rings is 3. The first-order valence-electron chi connectivity index (χ1n) is 8.01. The van der Waals surface area contributed by atoms with Crippen LogP contribution in [0.15, 0.2) is 91.1 Å². The first-order valence-corrected chi connectivity index (χ1v) is 8.01. The Hall–Kier alpha value is -3.33. The molecule has 0 saturated carbocycles. The number of aromatic nitrogens is 3. The minimum absolute atomic E-state index is 0.932. The molecule has 0 fully saturated rings. The molecule has 3 aromatic carbocycles. The topological polar surface area (TPSA) is 22.2 Å². The van der Waals surface area contributed by atoms with Gasteiger partial charge in [0.25, 0.3) is 0 Å². The lowest BCUT2D eigenvalue weighted by Crippen LogP contribution is -1.97. The molecule has 114 valence electrons. The van der Waals surface area contributed by atoms with Gasteiger partial charge in [0.1, 0.15) is 0 Å². The highest BCUT2D eigenvalue weighted by molar-refractivity contribution is 5.82. The van der Waals surface area contributed by atoms with Crippen molar-refractivity contribution in [1.82, 2.24) is 14.0 Å². The van der Waals surface area contributed by atoms with Crippen molar-refractivity contribution in [2.45, 2.75) is 0 Å². The molecule has 0 saturated heterocycles. The van der Waals surface area contributed by atoms with Crippen LogP contribution in [0, 0.1) is 0 Å². The van der Waals surface area contributed by atoms with Crippen molar-refractivity contribution >= 4 is 16.8 Å². The van der Waals surface area contributed by atoms with Crippen LogP contribution in [0.25, 0.3) is 33.8 Å². The highest BCUT2D eigenvalue weighted by atomic mass is 15.2. The zero-order chi connectivity index (χ0) is 15.9. The Morgan fingerprint density at radius 2 is 1.33 bits per heavy atom. The van der Waals surface area contributed by atoms with Gasteiger partial charge in [0.15, 0.2) is 0 Å². The summed E-state index contributed by atoms with van der Waals surface area (Å²) in [4.78, 5) is 4.86. The highest BCUT2D eigenvalue weighted by Gasteiger charge is 2.16. The number of rotatable bonds is 2. The van der Waals surface area contributed by atoms with E-state index >= 15 is 0 Å². The molecule has 3 heteroatoms. The molecular weight excluding hydrogens is 294 g/mol. The van der Waals surface area contributed by atoms with Crippen molar-refractivity contribution in [2.24, 2.45) is 0 Å². The summed E-state index contributed by atoms with van der Waals surface area (Å²) in [6.07, 6.45) is 2.17. The second-order valence-electron chi connectivity index (χ2n) is 5.82. The minimum atomic E-state index is 0.932. The molecule has 0 bridgehead atoms. The third-order valence-corrected chi connectivity index (χ3v) is 4.35. The standard InChI is InChI=1S/C21H15N3/c1-3-9-16(10-4-1)20-15-23-19-14-8-7-13-18(19)22-21(23)24(20)17-11-5-2-6-12-17/h1-15H. The van der Waals surface area contributed by atoms with Crippen LogP contribution in [0.3, 0.4) is 0 Å². The normalized spacial score (nSPS) is 11.3. The molecule has 0 N–H and O–H groups in total. The second-order valence-corrected chi connectivity index (χ2v) is 5.82. The number of hydrogen-bond acceptors (Lipinski definition) is 1. The zero-order valence-electron chi connectivity index (χ0n) is 13.0. The molecule has 0 radical (unpaired) electrons. The molecule has 0 atom stereocenters. The van der Waals surface area contributed by atoms with Crippen LogP contribution < -0.4 is 0 Å². The van der Waals surface area contributed by atoms with Gasteiger partial charge in [-0.3, -0.25) is 8.97 Å². The van der Waals surface area contributed by atoms with Crippen molar-refractivity contribution in [3.8, 4) is 16.9 Å². The highest BCUT2D eigenvalue weighted by Crippen LogP contribution is 2.29. The van der Waals surface area contributed by atoms with Gasteiger partial charge in [0, 0.05) is 17.4 Å². The molecule has 0 spiro atoms. The summed E-state index contributed by atoms with van der Waals surface area (Å²) in [7, 11) is 0. The first kappa shape index (κ1) is 13.1. The smallest absolute Gasteiger partial charge is 0.220 e. The van der Waals surface area contributed by atoms with E-state index < -0.39 is 0 Å². The van der Waals surface area contributed by atoms with Gasteiger partial charge in [0.2, 0.25) is 5.78 Å². The number of fused-ring (bicyclic) bond motifs is 3. The average molecular weight is 309 g/mol. The van der Waals surface area contributed by atoms with E-state index in [4.69, 9.17) is 4.98 Å². The summed E-state index contributed by atoms with van der Waals surface area (Å²) in [5, 5.41) is 0. The van der Waals surface area contributed by atoms with E-state index in [1.807, 2.05) is 18.2 Å². The van der Waals surface area contributed by atoms with E-state index in [1.165, 1.54) is 5.56 Å². The van der Waals surface area contributed by atoms with Crippen molar-refractivity contribution in [3.63, 3.8) is 0 Å². The summed E-state index contributed by atoms with van der Waals surface area (Å²) in [5.41, 5.74) is 5.56. The number of para-hydroxylation sites is 3. The Kier molecular flexibility index (Phi) is 2.79. The van der Waals surface area contributed by atoms with Gasteiger partial charge in [-0.2, -0.15) is 0 Å². The van der Waals surface area contributed by atoms with Gasteiger partial charge in [0.05, 0.1) is 16.7 Å². The summed E-state index contributed by atoms with van der Waals surface area (Å²) in [6.45, 7) is 0. The Morgan fingerprint density at radius 1 is 0.667 bits per heavy atom. The molecule has 0 amide bonds. The summed E-state index contributed by atoms with van der Waals surface area (Å²) >= 11 is 0. The average Bonchev–Trinajstić information content (AvgIpc) is 3.19. The SMILES string of the molecule is c1ccc(-c2cn3c4ccccc4nc3n2-c2ccccc2)cc1. The Morgan fingerprint density at radius 3 is 2.12 bits per heavy atom. The molecule has 0 aliphatic rings. The van der Waals surface area contributed by atoms with Crippen LogP contribution in [-0.4, -0.2) is 14.0 Å². The monoisotopic (exact) mass is 309 g/mol. The van der Waals surface area contributed by atoms with Crippen LogP contribution in [0.4, 0.5) is 0 Å². The molecule has 5 aromatic rings. The van der Waals surface area contributed by atoms with Gasteiger partial charge in [-0.05, 0) is 24.3 Å². The predicted molar refractivity (Wildman–Crippen MR) is 97.5 cm³/mol. The Balaban J connectivity index is 1.91. The molecule has 0 unspecified atom stereocenters. The quantitative estimate of drug-likeness (QED) is 0.452. The maximum absolute atomic E-state index is 4.86. The van der Waals surface area contributed by atoms with Gasteiger partial charge in [-0.25, -0.2) is 4.98 Å². The van der Waals surface area contributed by atoms with Crippen molar-refractivity contribution in [2.75, 3.05) is 0 Å². The zero-order valence-corrected chi connectivity index (χ0v) is 13.0. The Bertz CT molecular complexity index is 1140. The van der Waals surface area contributed by atoms with Crippen molar-refractivity contribution < 1.29 is 0 Å². The molecule has 2 aromatic heterocycles. The lowest BCUT2D eigenvalue weighted by Gasteiger charge is -2.08. The molecule has 0 aliphatic carbocycles. The van der Waals surface area contributed by atoms with E-state index in [0.717, 1.165) is 28.2 Å². The molecular formula is C21H15N3. The van der Waals surface area contributed by atoms with Gasteiger partial charge < -0.3 is 0 Å². The largest absolute Gasteiger partial charge is 0.283 e. The summed E-state index contributed by atoms with van der Waals surface area (Å²) in [6, 6.07) is 29.1. The predicted octanol–water partition coefficient (Wildman–Crippen LogP) is 4.95. The van der Waals surface area contributed by atoms with Crippen LogP contribution in [0.5, 0.6) is 0 Å². The lowest BCUT2D eigenvalue weighted by atomic mass is 10.1. The van der Waals surface area contributed by atoms with E-state index in [9.17, 15) is 0 Å². The maximum Gasteiger partial charge on any atom is 0.220 e. The van der Waals surface area contributed by atoms with E-state index in [1.54, 1.807) is 0 Å². The van der Waals surface area contributed by atoms with Crippen molar-refractivity contribution in [1.29, 1.82) is 0 Å². The fourth-order valence-corrected chi connectivity index (χ4v) is 3.25. The molecule has 2 heterocycles. The second kappa shape index (κ2) is 5.10. The van der Waals surface area contributed by atoms with Crippen LogP contribution in [-0.2, 0) is 0 Å². The van der Waals surface area contributed by atoms with E-state index in [-0.39, 0.29) is 0 Å². The number of imidazole rings is 2. The lowest BCUT2D eigenvalue weighted by molar-refractivity contribution is 1.08. The van der Waals surface area contributed by atoms with E-state index in [2.05, 4.69) is 81.9 Å². The third kappa shape index (κ3) is 1.88. The van der Waals surface area contributed by atoms with Crippen molar-refractivity contribution in [3.05, 3.63) is 91.1 Å². The maximum atomic E-state index is 4.86. The minimum Gasteiger partial charge on any atom is -0.283 e. The summed E-state index contributed by atoms with van der Waals surface area (Å²) in [5.74, 6) is 0.932. The van der Waals surface area contributed by atoms with Gasteiger partial charge in [-0.15, -0.1) is 0 Å². The van der Waals surface area contributed by atoms with Gasteiger partial charge >= 0.3 is 0 Å². The van der Waals surface area contributed by atoms with Crippen LogP contribution in [0.2, 0.25) is 0 Å². The Labute approximate surface area is 139 Å². The third-order valence-electron chi connectivity index (χ3n) is 4.35. The summed E-state index contributed by atoms with van der Waals surface area (Å²) < 4.78 is 4.39. The molecule has 24 heavy (non-hydrogen) atoms. The molecule has 0 aliphatic heterocycles. The molecule has 3 nitrogen and oxygen atoms in total. The fraction of sp³-hybridized carbons (Fsp3) is 0. The van der Waals surface area contributed by atoms with Crippen LogP contribution >= 0.6 is 0 Å². The van der Waals surface area contributed by atoms with Crippen LogP contribution in [0.1, 0.15) is 0 Å². The number of nitrogens with zero attached hydrogens (tertiary/aromatic N) is 3.